The van der Waals surface area contributed by atoms with Gasteiger partial charge in [0.2, 0.25) is 5.91 Å². The molecule has 1 aromatic rings. The molecule has 16 heavy (non-hydrogen) atoms. The summed E-state index contributed by atoms with van der Waals surface area (Å²) < 4.78 is 2.13. The number of amides is 1. The van der Waals surface area contributed by atoms with Gasteiger partial charge in [-0.2, -0.15) is 0 Å². The molecule has 0 saturated carbocycles. The van der Waals surface area contributed by atoms with Crippen LogP contribution in [0.5, 0.6) is 0 Å². The van der Waals surface area contributed by atoms with E-state index < -0.39 is 0 Å². The lowest BCUT2D eigenvalue weighted by molar-refractivity contribution is -0.132. The number of carbonyl (C=O) groups excluding carboxylic acids is 1. The molecule has 88 valence electrons. The molecule has 1 aliphatic rings. The van der Waals surface area contributed by atoms with E-state index >= 15 is 0 Å². The van der Waals surface area contributed by atoms with Crippen molar-refractivity contribution >= 4 is 5.91 Å². The van der Waals surface area contributed by atoms with Gasteiger partial charge < -0.3 is 9.47 Å². The van der Waals surface area contributed by atoms with Gasteiger partial charge in [-0.1, -0.05) is 6.92 Å². The second-order valence-corrected chi connectivity index (χ2v) is 4.44. The highest BCUT2D eigenvalue weighted by molar-refractivity contribution is 5.75. The van der Waals surface area contributed by atoms with Crippen molar-refractivity contribution in [3.63, 3.8) is 0 Å². The van der Waals surface area contributed by atoms with E-state index in [2.05, 4.69) is 9.55 Å². The maximum atomic E-state index is 11.5. The summed E-state index contributed by atoms with van der Waals surface area (Å²) >= 11 is 0. The van der Waals surface area contributed by atoms with Crippen LogP contribution in [0.4, 0.5) is 0 Å². The Kier molecular flexibility index (Phi) is 3.59. The van der Waals surface area contributed by atoms with Gasteiger partial charge in [0.1, 0.15) is 0 Å². The molecule has 4 heteroatoms. The summed E-state index contributed by atoms with van der Waals surface area (Å²) in [5.41, 5.74) is 0. The third-order valence-electron chi connectivity index (χ3n) is 3.30. The van der Waals surface area contributed by atoms with Crippen molar-refractivity contribution in [1.82, 2.24) is 14.5 Å². The summed E-state index contributed by atoms with van der Waals surface area (Å²) in [6.45, 7) is 4.81. The van der Waals surface area contributed by atoms with Gasteiger partial charge >= 0.3 is 0 Å². The Morgan fingerprint density at radius 3 is 2.75 bits per heavy atom. The SMILES string of the molecule is CCC(=O)N1CCC(Cn2ccnc2)CC1. The van der Waals surface area contributed by atoms with Crippen LogP contribution in [-0.4, -0.2) is 33.4 Å². The summed E-state index contributed by atoms with van der Waals surface area (Å²) in [6.07, 6.45) is 8.54. The molecule has 0 atom stereocenters. The number of hydrogen-bond acceptors (Lipinski definition) is 2. The molecule has 1 fully saturated rings. The van der Waals surface area contributed by atoms with Crippen LogP contribution < -0.4 is 0 Å². The Labute approximate surface area is 96.3 Å². The van der Waals surface area contributed by atoms with E-state index in [4.69, 9.17) is 0 Å². The number of carbonyl (C=O) groups is 1. The first kappa shape index (κ1) is 11.2. The summed E-state index contributed by atoms with van der Waals surface area (Å²) in [5, 5.41) is 0. The maximum Gasteiger partial charge on any atom is 0.222 e. The predicted octanol–water partition coefficient (Wildman–Crippen LogP) is 1.53. The molecule has 0 unspecified atom stereocenters. The zero-order valence-corrected chi connectivity index (χ0v) is 9.80. The van der Waals surface area contributed by atoms with Gasteiger partial charge in [-0.05, 0) is 18.8 Å². The number of likely N-dealkylation sites (tertiary alicyclic amines) is 1. The molecule has 1 aliphatic heterocycles. The van der Waals surface area contributed by atoms with Crippen molar-refractivity contribution in [2.45, 2.75) is 32.7 Å². The number of hydrogen-bond donors (Lipinski definition) is 0. The van der Waals surface area contributed by atoms with E-state index in [1.807, 2.05) is 30.5 Å². The third-order valence-corrected chi connectivity index (χ3v) is 3.30. The van der Waals surface area contributed by atoms with Gasteiger partial charge in [-0.15, -0.1) is 0 Å². The second kappa shape index (κ2) is 5.14. The highest BCUT2D eigenvalue weighted by atomic mass is 16.2. The maximum absolute atomic E-state index is 11.5. The van der Waals surface area contributed by atoms with Crippen molar-refractivity contribution in [1.29, 1.82) is 0 Å². The summed E-state index contributed by atoms with van der Waals surface area (Å²) in [5.74, 6) is 0.983. The lowest BCUT2D eigenvalue weighted by atomic mass is 9.96. The molecule has 2 heterocycles. The van der Waals surface area contributed by atoms with Crippen molar-refractivity contribution in [2.75, 3.05) is 13.1 Å². The predicted molar refractivity (Wildman–Crippen MR) is 61.8 cm³/mol. The van der Waals surface area contributed by atoms with E-state index in [0.29, 0.717) is 18.2 Å². The van der Waals surface area contributed by atoms with Crippen molar-refractivity contribution in [2.24, 2.45) is 5.92 Å². The van der Waals surface area contributed by atoms with Gasteiger partial charge in [0, 0.05) is 38.4 Å². The summed E-state index contributed by atoms with van der Waals surface area (Å²) in [4.78, 5) is 17.5. The topological polar surface area (TPSA) is 38.1 Å². The summed E-state index contributed by atoms with van der Waals surface area (Å²) in [6, 6.07) is 0. The summed E-state index contributed by atoms with van der Waals surface area (Å²) in [7, 11) is 0. The molecule has 0 aromatic carbocycles. The van der Waals surface area contributed by atoms with E-state index in [1.54, 1.807) is 0 Å². The van der Waals surface area contributed by atoms with Crippen molar-refractivity contribution in [3.05, 3.63) is 18.7 Å². The normalized spacial score (nSPS) is 17.7. The Hall–Kier alpha value is -1.32. The fraction of sp³-hybridized carbons (Fsp3) is 0.667. The Bertz CT molecular complexity index is 326. The van der Waals surface area contributed by atoms with Gasteiger partial charge in [-0.25, -0.2) is 4.98 Å². The lowest BCUT2D eigenvalue weighted by Crippen LogP contribution is -2.38. The third kappa shape index (κ3) is 2.62. The smallest absolute Gasteiger partial charge is 0.222 e. The number of nitrogens with zero attached hydrogens (tertiary/aromatic N) is 3. The highest BCUT2D eigenvalue weighted by Gasteiger charge is 2.21. The zero-order chi connectivity index (χ0) is 11.4. The fourth-order valence-electron chi connectivity index (χ4n) is 2.28. The van der Waals surface area contributed by atoms with Crippen LogP contribution in [0.2, 0.25) is 0 Å². The van der Waals surface area contributed by atoms with Crippen LogP contribution in [0.1, 0.15) is 26.2 Å². The molecule has 0 radical (unpaired) electrons. The van der Waals surface area contributed by atoms with E-state index in [0.717, 1.165) is 32.5 Å². The molecular weight excluding hydrogens is 202 g/mol. The first-order valence-corrected chi connectivity index (χ1v) is 6.03. The molecular formula is C12H19N3O. The van der Waals surface area contributed by atoms with Crippen molar-refractivity contribution in [3.8, 4) is 0 Å². The van der Waals surface area contributed by atoms with E-state index in [-0.39, 0.29) is 0 Å². The highest BCUT2D eigenvalue weighted by Crippen LogP contribution is 2.19. The molecule has 0 aliphatic carbocycles. The fourth-order valence-corrected chi connectivity index (χ4v) is 2.28. The minimum Gasteiger partial charge on any atom is -0.343 e. The number of piperidine rings is 1. The number of rotatable bonds is 3. The quantitative estimate of drug-likeness (QED) is 0.776. The van der Waals surface area contributed by atoms with Gasteiger partial charge in [0.15, 0.2) is 0 Å². The minimum absolute atomic E-state index is 0.293. The van der Waals surface area contributed by atoms with Crippen molar-refractivity contribution < 1.29 is 4.79 Å². The number of imidazole rings is 1. The molecule has 4 nitrogen and oxygen atoms in total. The van der Waals surface area contributed by atoms with Crippen LogP contribution in [0.3, 0.4) is 0 Å². The van der Waals surface area contributed by atoms with E-state index in [9.17, 15) is 4.79 Å². The lowest BCUT2D eigenvalue weighted by Gasteiger charge is -2.32. The molecule has 0 bridgehead atoms. The molecule has 1 saturated heterocycles. The first-order chi connectivity index (χ1) is 7.79. The second-order valence-electron chi connectivity index (χ2n) is 4.44. The monoisotopic (exact) mass is 221 g/mol. The Morgan fingerprint density at radius 2 is 2.19 bits per heavy atom. The zero-order valence-electron chi connectivity index (χ0n) is 9.80. The average Bonchev–Trinajstić information content (AvgIpc) is 2.82. The van der Waals surface area contributed by atoms with Crippen LogP contribution in [0.25, 0.3) is 0 Å². The van der Waals surface area contributed by atoms with Gasteiger partial charge in [0.05, 0.1) is 6.33 Å². The van der Waals surface area contributed by atoms with Crippen LogP contribution in [0, 0.1) is 5.92 Å². The molecule has 0 N–H and O–H groups in total. The van der Waals surface area contributed by atoms with E-state index in [1.165, 1.54) is 0 Å². The molecule has 2 rings (SSSR count). The first-order valence-electron chi connectivity index (χ1n) is 6.03. The molecule has 0 spiro atoms. The average molecular weight is 221 g/mol. The van der Waals surface area contributed by atoms with Crippen LogP contribution >= 0.6 is 0 Å². The minimum atomic E-state index is 0.293. The van der Waals surface area contributed by atoms with Crippen LogP contribution in [0.15, 0.2) is 18.7 Å². The Balaban J connectivity index is 1.79. The standard InChI is InChI=1S/C12H19N3O/c1-2-12(16)15-6-3-11(4-7-15)9-14-8-5-13-10-14/h5,8,10-11H,2-4,6-7,9H2,1H3. The van der Waals surface area contributed by atoms with Gasteiger partial charge in [0.25, 0.3) is 0 Å². The van der Waals surface area contributed by atoms with Crippen LogP contribution in [-0.2, 0) is 11.3 Å². The molecule has 1 amide bonds. The van der Waals surface area contributed by atoms with Gasteiger partial charge in [-0.3, -0.25) is 4.79 Å². The Morgan fingerprint density at radius 1 is 1.44 bits per heavy atom. The largest absolute Gasteiger partial charge is 0.343 e. The molecule has 1 aromatic heterocycles. The number of aromatic nitrogens is 2.